The van der Waals surface area contributed by atoms with Crippen LogP contribution >= 0.6 is 0 Å². The maximum absolute atomic E-state index is 5.25. The normalized spacial score (nSPS) is 14.1. The molecule has 3 aromatic rings. The number of piperazine rings is 1. The molecular formula is C19H21N7O. The molecule has 0 aliphatic carbocycles. The van der Waals surface area contributed by atoms with E-state index in [-0.39, 0.29) is 0 Å². The molecule has 1 aliphatic rings. The molecule has 0 bridgehead atoms. The van der Waals surface area contributed by atoms with Crippen molar-refractivity contribution in [2.24, 2.45) is 0 Å². The van der Waals surface area contributed by atoms with Crippen LogP contribution in [0.25, 0.3) is 0 Å². The zero-order chi connectivity index (χ0) is 18.5. The lowest BCUT2D eigenvalue weighted by Gasteiger charge is -2.35. The second-order valence-electron chi connectivity index (χ2n) is 6.16. The van der Waals surface area contributed by atoms with Crippen LogP contribution in [0.1, 0.15) is 0 Å². The molecule has 0 unspecified atom stereocenters. The van der Waals surface area contributed by atoms with Gasteiger partial charge in [0, 0.05) is 44.1 Å². The van der Waals surface area contributed by atoms with Gasteiger partial charge in [0.1, 0.15) is 11.6 Å². The van der Waals surface area contributed by atoms with Crippen molar-refractivity contribution in [1.82, 2.24) is 20.2 Å². The van der Waals surface area contributed by atoms with Crippen molar-refractivity contribution in [3.05, 3.63) is 54.9 Å². The summed E-state index contributed by atoms with van der Waals surface area (Å²) in [4.78, 5) is 13.4. The number of aromatic nitrogens is 4. The van der Waals surface area contributed by atoms with Gasteiger partial charge in [-0.2, -0.15) is 10.1 Å². The Balaban J connectivity index is 1.42. The minimum atomic E-state index is 0.628. The summed E-state index contributed by atoms with van der Waals surface area (Å²) in [6, 6.07) is 13.7. The van der Waals surface area contributed by atoms with E-state index in [2.05, 4.69) is 35.3 Å². The summed E-state index contributed by atoms with van der Waals surface area (Å²) in [5.74, 6) is 3.07. The van der Waals surface area contributed by atoms with E-state index in [1.54, 1.807) is 13.3 Å². The molecule has 27 heavy (non-hydrogen) atoms. The van der Waals surface area contributed by atoms with Crippen LogP contribution in [0.4, 0.5) is 23.3 Å². The summed E-state index contributed by atoms with van der Waals surface area (Å²) in [6.07, 6.45) is 3.44. The Hall–Kier alpha value is -3.42. The smallest absolute Gasteiger partial charge is 0.247 e. The Kier molecular flexibility index (Phi) is 4.95. The summed E-state index contributed by atoms with van der Waals surface area (Å²) in [7, 11) is 1.65. The molecule has 2 aromatic heterocycles. The maximum atomic E-state index is 5.25. The summed E-state index contributed by atoms with van der Waals surface area (Å²) < 4.78 is 5.25. The fourth-order valence-electron chi connectivity index (χ4n) is 3.01. The fraction of sp³-hybridized carbons (Fsp3) is 0.263. The topological polar surface area (TPSA) is 79.3 Å². The van der Waals surface area contributed by atoms with Gasteiger partial charge in [-0.25, -0.2) is 4.98 Å². The number of methoxy groups -OCH3 is 1. The first kappa shape index (κ1) is 17.0. The highest BCUT2D eigenvalue weighted by Gasteiger charge is 2.20. The SMILES string of the molecule is COc1cccc(Nc2cnnc(N3CCN(c4ccccn4)CC3)n2)c1. The van der Waals surface area contributed by atoms with Crippen molar-refractivity contribution in [3.63, 3.8) is 0 Å². The quantitative estimate of drug-likeness (QED) is 0.740. The zero-order valence-electron chi connectivity index (χ0n) is 15.1. The summed E-state index contributed by atoms with van der Waals surface area (Å²) in [5.41, 5.74) is 0.890. The molecule has 1 aliphatic heterocycles. The van der Waals surface area contributed by atoms with Crippen molar-refractivity contribution in [2.45, 2.75) is 0 Å². The minimum absolute atomic E-state index is 0.628. The van der Waals surface area contributed by atoms with Gasteiger partial charge in [-0.1, -0.05) is 12.1 Å². The number of benzene rings is 1. The molecule has 0 amide bonds. The third-order valence-corrected chi connectivity index (χ3v) is 4.43. The second kappa shape index (κ2) is 7.86. The number of hydrogen-bond donors (Lipinski definition) is 1. The lowest BCUT2D eigenvalue weighted by atomic mass is 10.3. The molecule has 0 atom stereocenters. The van der Waals surface area contributed by atoms with Gasteiger partial charge in [-0.15, -0.1) is 5.10 Å². The van der Waals surface area contributed by atoms with Crippen LogP contribution in [-0.4, -0.2) is 53.5 Å². The molecule has 138 valence electrons. The third kappa shape index (κ3) is 4.05. The summed E-state index contributed by atoms with van der Waals surface area (Å²) >= 11 is 0. The van der Waals surface area contributed by atoms with Crippen LogP contribution < -0.4 is 19.9 Å². The summed E-state index contributed by atoms with van der Waals surface area (Å²) in [5, 5.41) is 11.6. The van der Waals surface area contributed by atoms with Gasteiger partial charge in [0.05, 0.1) is 13.3 Å². The third-order valence-electron chi connectivity index (χ3n) is 4.43. The first-order valence-electron chi connectivity index (χ1n) is 8.83. The predicted molar refractivity (Wildman–Crippen MR) is 105 cm³/mol. The molecule has 0 radical (unpaired) electrons. The first-order chi connectivity index (χ1) is 13.3. The monoisotopic (exact) mass is 363 g/mol. The molecular weight excluding hydrogens is 342 g/mol. The van der Waals surface area contributed by atoms with Crippen LogP contribution in [0.2, 0.25) is 0 Å². The van der Waals surface area contributed by atoms with E-state index in [0.29, 0.717) is 11.8 Å². The van der Waals surface area contributed by atoms with Crippen LogP contribution in [-0.2, 0) is 0 Å². The molecule has 8 heteroatoms. The van der Waals surface area contributed by atoms with Gasteiger partial charge in [-0.05, 0) is 24.3 Å². The lowest BCUT2D eigenvalue weighted by Crippen LogP contribution is -2.47. The standard InChI is InChI=1S/C19H21N7O/c1-27-16-6-4-5-15(13-16)22-17-14-21-24-19(23-17)26-11-9-25(10-12-26)18-7-2-3-8-20-18/h2-8,13-14H,9-12H2,1H3,(H,22,23,24). The summed E-state index contributed by atoms with van der Waals surface area (Å²) in [6.45, 7) is 3.38. The number of hydrogen-bond acceptors (Lipinski definition) is 8. The average Bonchev–Trinajstić information content (AvgIpc) is 2.75. The molecule has 8 nitrogen and oxygen atoms in total. The average molecular weight is 363 g/mol. The predicted octanol–water partition coefficient (Wildman–Crippen LogP) is 2.35. The Morgan fingerprint density at radius 1 is 1.00 bits per heavy atom. The van der Waals surface area contributed by atoms with Crippen LogP contribution in [0.3, 0.4) is 0 Å². The number of rotatable bonds is 5. The van der Waals surface area contributed by atoms with E-state index < -0.39 is 0 Å². The van der Waals surface area contributed by atoms with Gasteiger partial charge in [-0.3, -0.25) is 0 Å². The number of nitrogens with zero attached hydrogens (tertiary/aromatic N) is 6. The van der Waals surface area contributed by atoms with Gasteiger partial charge >= 0.3 is 0 Å². The lowest BCUT2D eigenvalue weighted by molar-refractivity contribution is 0.415. The Morgan fingerprint density at radius 3 is 2.63 bits per heavy atom. The highest BCUT2D eigenvalue weighted by molar-refractivity contribution is 5.58. The molecule has 0 saturated carbocycles. The largest absolute Gasteiger partial charge is 0.497 e. The molecule has 4 rings (SSSR count). The van der Waals surface area contributed by atoms with Crippen molar-refractivity contribution < 1.29 is 4.74 Å². The van der Waals surface area contributed by atoms with Crippen molar-refractivity contribution in [1.29, 1.82) is 0 Å². The van der Waals surface area contributed by atoms with E-state index in [9.17, 15) is 0 Å². The Morgan fingerprint density at radius 2 is 1.85 bits per heavy atom. The molecule has 1 fully saturated rings. The molecule has 1 N–H and O–H groups in total. The molecule has 1 saturated heterocycles. The van der Waals surface area contributed by atoms with E-state index in [4.69, 9.17) is 4.74 Å². The molecule has 3 heterocycles. The highest BCUT2D eigenvalue weighted by atomic mass is 16.5. The molecule has 1 aromatic carbocycles. The number of anilines is 4. The Labute approximate surface area is 157 Å². The van der Waals surface area contributed by atoms with Crippen molar-refractivity contribution in [2.75, 3.05) is 48.4 Å². The van der Waals surface area contributed by atoms with Crippen LogP contribution in [0.15, 0.2) is 54.9 Å². The maximum Gasteiger partial charge on any atom is 0.247 e. The van der Waals surface area contributed by atoms with Gasteiger partial charge < -0.3 is 19.9 Å². The number of ether oxygens (including phenoxy) is 1. The van der Waals surface area contributed by atoms with Crippen molar-refractivity contribution in [3.8, 4) is 5.75 Å². The van der Waals surface area contributed by atoms with E-state index in [0.717, 1.165) is 43.4 Å². The van der Waals surface area contributed by atoms with E-state index in [1.165, 1.54) is 0 Å². The Bertz CT molecular complexity index is 882. The first-order valence-corrected chi connectivity index (χ1v) is 8.83. The van der Waals surface area contributed by atoms with Gasteiger partial charge in [0.15, 0.2) is 5.82 Å². The second-order valence-corrected chi connectivity index (χ2v) is 6.16. The van der Waals surface area contributed by atoms with Crippen LogP contribution in [0.5, 0.6) is 5.75 Å². The van der Waals surface area contributed by atoms with E-state index >= 15 is 0 Å². The highest BCUT2D eigenvalue weighted by Crippen LogP contribution is 2.21. The van der Waals surface area contributed by atoms with Crippen LogP contribution in [0, 0.1) is 0 Å². The zero-order valence-corrected chi connectivity index (χ0v) is 15.1. The minimum Gasteiger partial charge on any atom is -0.497 e. The van der Waals surface area contributed by atoms with E-state index in [1.807, 2.05) is 48.7 Å². The van der Waals surface area contributed by atoms with Gasteiger partial charge in [0.2, 0.25) is 5.95 Å². The van der Waals surface area contributed by atoms with Gasteiger partial charge in [0.25, 0.3) is 0 Å². The number of nitrogens with one attached hydrogen (secondary N) is 1. The van der Waals surface area contributed by atoms with Crippen molar-refractivity contribution >= 4 is 23.3 Å². The molecule has 0 spiro atoms. The number of pyridine rings is 1. The fourth-order valence-corrected chi connectivity index (χ4v) is 3.01.